The number of carbonyl (C=O) groups excluding carboxylic acids is 2. The quantitative estimate of drug-likeness (QED) is 0.387. The minimum Gasteiger partial charge on any atom is -0.479 e. The van der Waals surface area contributed by atoms with E-state index in [1.807, 2.05) is 20.8 Å². The Morgan fingerprint density at radius 1 is 1.08 bits per heavy atom. The van der Waals surface area contributed by atoms with Crippen molar-refractivity contribution >= 4 is 17.8 Å². The maximum atomic E-state index is 12.3. The second kappa shape index (κ2) is 9.58. The Hall–Kier alpha value is -1.67. The van der Waals surface area contributed by atoms with E-state index in [-0.39, 0.29) is 18.4 Å². The fraction of sp³-hybridized carbons (Fsp3) is 0.812. The summed E-state index contributed by atoms with van der Waals surface area (Å²) in [5, 5.41) is 23.1. The summed E-state index contributed by atoms with van der Waals surface area (Å²) in [5.41, 5.74) is 0. The normalized spacial score (nSPS) is 21.9. The molecule has 24 heavy (non-hydrogen) atoms. The number of hydrogen-bond acceptors (Lipinski definition) is 5. The minimum atomic E-state index is -1.18. The van der Waals surface area contributed by atoms with Gasteiger partial charge in [-0.15, -0.1) is 0 Å². The summed E-state index contributed by atoms with van der Waals surface area (Å²) in [6, 6.07) is -0.719. The van der Waals surface area contributed by atoms with E-state index in [0.29, 0.717) is 25.3 Å². The summed E-state index contributed by atoms with van der Waals surface area (Å²) >= 11 is 0. The molecule has 0 bridgehead atoms. The molecule has 4 N–H and O–H groups in total. The molecule has 0 spiro atoms. The lowest BCUT2D eigenvalue weighted by Crippen LogP contribution is -2.48. The van der Waals surface area contributed by atoms with Crippen LogP contribution < -0.4 is 10.6 Å². The molecule has 2 amide bonds. The first-order chi connectivity index (χ1) is 11.3. The van der Waals surface area contributed by atoms with Gasteiger partial charge in [-0.2, -0.15) is 0 Å². The number of carboxylic acid groups (broad SMARTS) is 1. The van der Waals surface area contributed by atoms with E-state index < -0.39 is 30.1 Å². The van der Waals surface area contributed by atoms with Gasteiger partial charge in [-0.25, -0.2) is 4.79 Å². The molecule has 8 heteroatoms. The molecule has 0 aliphatic carbocycles. The number of nitrogens with one attached hydrogen (secondary N) is 2. The monoisotopic (exact) mass is 344 g/mol. The topological polar surface area (TPSA) is 128 Å². The van der Waals surface area contributed by atoms with E-state index in [1.165, 1.54) is 0 Å². The van der Waals surface area contributed by atoms with Gasteiger partial charge >= 0.3 is 5.97 Å². The molecule has 1 aliphatic heterocycles. The fourth-order valence-electron chi connectivity index (χ4n) is 2.18. The number of amides is 2. The lowest BCUT2D eigenvalue weighted by Gasteiger charge is -2.19. The van der Waals surface area contributed by atoms with Gasteiger partial charge in [0.1, 0.15) is 6.04 Å². The Bertz CT molecular complexity index is 454. The third-order valence-electron chi connectivity index (χ3n) is 3.91. The summed E-state index contributed by atoms with van der Waals surface area (Å²) in [4.78, 5) is 35.0. The number of carboxylic acids is 1. The van der Waals surface area contributed by atoms with E-state index in [1.54, 1.807) is 0 Å². The van der Waals surface area contributed by atoms with Crippen molar-refractivity contribution in [1.29, 1.82) is 0 Å². The molecule has 8 nitrogen and oxygen atoms in total. The van der Waals surface area contributed by atoms with Crippen LogP contribution in [0, 0.1) is 11.8 Å². The van der Waals surface area contributed by atoms with E-state index in [2.05, 4.69) is 10.6 Å². The Kier molecular flexibility index (Phi) is 8.14. The van der Waals surface area contributed by atoms with Gasteiger partial charge in [-0.3, -0.25) is 9.59 Å². The third-order valence-corrected chi connectivity index (χ3v) is 3.91. The molecule has 138 valence electrons. The standard InChI is InChI=1S/C16H28N2O6/c1-9(2)4-5-11(14(20)17-7-6-10(3)8-19)18-15(21)12-13(24-12)16(22)23/h9-13,19H,4-8H2,1-3H3,(H,17,20)(H,18,21)(H,22,23)/t10-,11-,12-,13-/m0/s1. The summed E-state index contributed by atoms with van der Waals surface area (Å²) in [5.74, 6) is -1.60. The van der Waals surface area contributed by atoms with Crippen molar-refractivity contribution in [2.75, 3.05) is 13.2 Å². The van der Waals surface area contributed by atoms with Gasteiger partial charge in [-0.05, 0) is 31.1 Å². The second-order valence-corrected chi connectivity index (χ2v) is 6.72. The number of hydrogen-bond donors (Lipinski definition) is 4. The minimum absolute atomic E-state index is 0.0545. The molecule has 0 aromatic carbocycles. The zero-order valence-electron chi connectivity index (χ0n) is 14.4. The number of aliphatic hydroxyl groups excluding tert-OH is 1. The highest BCUT2D eigenvalue weighted by Gasteiger charge is 2.51. The predicted molar refractivity (Wildman–Crippen MR) is 86.2 cm³/mol. The summed E-state index contributed by atoms with van der Waals surface area (Å²) in [6.07, 6.45) is -0.287. The Labute approximate surface area is 141 Å². The van der Waals surface area contributed by atoms with Crippen molar-refractivity contribution in [3.8, 4) is 0 Å². The molecule has 0 radical (unpaired) electrons. The van der Waals surface area contributed by atoms with Crippen LogP contribution in [0.1, 0.15) is 40.0 Å². The van der Waals surface area contributed by atoms with Crippen LogP contribution in [-0.4, -0.2) is 59.4 Å². The van der Waals surface area contributed by atoms with Crippen molar-refractivity contribution < 1.29 is 29.3 Å². The van der Waals surface area contributed by atoms with Crippen molar-refractivity contribution in [2.24, 2.45) is 11.8 Å². The first kappa shape index (κ1) is 20.4. The van der Waals surface area contributed by atoms with Crippen LogP contribution in [0.3, 0.4) is 0 Å². The number of aliphatic carboxylic acids is 1. The van der Waals surface area contributed by atoms with E-state index in [4.69, 9.17) is 14.9 Å². The smallest absolute Gasteiger partial charge is 0.336 e. The molecule has 0 saturated carbocycles. The molecule has 4 atom stereocenters. The third kappa shape index (κ3) is 6.84. The maximum absolute atomic E-state index is 12.3. The zero-order valence-corrected chi connectivity index (χ0v) is 14.4. The summed E-state index contributed by atoms with van der Waals surface area (Å²) in [7, 11) is 0. The molecule has 0 unspecified atom stereocenters. The number of aliphatic hydroxyl groups is 1. The van der Waals surface area contributed by atoms with Gasteiger partial charge in [0.25, 0.3) is 5.91 Å². The molecule has 1 saturated heterocycles. The van der Waals surface area contributed by atoms with E-state index in [9.17, 15) is 14.4 Å². The Balaban J connectivity index is 2.51. The van der Waals surface area contributed by atoms with Crippen molar-refractivity contribution in [1.82, 2.24) is 10.6 Å². The van der Waals surface area contributed by atoms with Crippen LogP contribution in [0.25, 0.3) is 0 Å². The average molecular weight is 344 g/mol. The summed E-state index contributed by atoms with van der Waals surface area (Å²) < 4.78 is 4.80. The molecule has 1 aliphatic rings. The SMILES string of the molecule is CC(C)CC[C@H](NC(=O)[C@H]1O[C@@H]1C(=O)O)C(=O)NCC[C@H](C)CO. The number of epoxide rings is 1. The van der Waals surface area contributed by atoms with Crippen LogP contribution >= 0.6 is 0 Å². The van der Waals surface area contributed by atoms with Gasteiger partial charge < -0.3 is 25.6 Å². The molecule has 1 rings (SSSR count). The maximum Gasteiger partial charge on any atom is 0.336 e. The number of carbonyl (C=O) groups is 3. The van der Waals surface area contributed by atoms with Gasteiger partial charge in [0.2, 0.25) is 5.91 Å². The first-order valence-electron chi connectivity index (χ1n) is 8.33. The highest BCUT2D eigenvalue weighted by Crippen LogP contribution is 2.22. The zero-order chi connectivity index (χ0) is 18.3. The second-order valence-electron chi connectivity index (χ2n) is 6.72. The Morgan fingerprint density at radius 3 is 2.25 bits per heavy atom. The fourth-order valence-corrected chi connectivity index (χ4v) is 2.18. The lowest BCUT2D eigenvalue weighted by atomic mass is 10.0. The largest absolute Gasteiger partial charge is 0.479 e. The van der Waals surface area contributed by atoms with Crippen LogP contribution in [0.5, 0.6) is 0 Å². The molecule has 0 aromatic rings. The van der Waals surface area contributed by atoms with Gasteiger partial charge in [-0.1, -0.05) is 20.8 Å². The van der Waals surface area contributed by atoms with Crippen LogP contribution in [0.15, 0.2) is 0 Å². The highest BCUT2D eigenvalue weighted by atomic mass is 16.6. The summed E-state index contributed by atoms with van der Waals surface area (Å²) in [6.45, 7) is 6.38. The molecule has 0 aromatic heterocycles. The van der Waals surface area contributed by atoms with Crippen LogP contribution in [-0.2, 0) is 19.1 Å². The van der Waals surface area contributed by atoms with E-state index >= 15 is 0 Å². The van der Waals surface area contributed by atoms with Crippen molar-refractivity contribution in [3.05, 3.63) is 0 Å². The lowest BCUT2D eigenvalue weighted by molar-refractivity contribution is -0.138. The molecule has 1 fully saturated rings. The van der Waals surface area contributed by atoms with Crippen LogP contribution in [0.4, 0.5) is 0 Å². The molecular weight excluding hydrogens is 316 g/mol. The molecule has 1 heterocycles. The van der Waals surface area contributed by atoms with Crippen molar-refractivity contribution in [2.45, 2.75) is 58.3 Å². The van der Waals surface area contributed by atoms with Gasteiger partial charge in [0.05, 0.1) is 0 Å². The molecular formula is C16H28N2O6. The van der Waals surface area contributed by atoms with Gasteiger partial charge in [0.15, 0.2) is 12.2 Å². The van der Waals surface area contributed by atoms with Gasteiger partial charge in [0, 0.05) is 13.2 Å². The number of rotatable bonds is 11. The van der Waals surface area contributed by atoms with Crippen LogP contribution in [0.2, 0.25) is 0 Å². The first-order valence-corrected chi connectivity index (χ1v) is 8.33. The highest BCUT2D eigenvalue weighted by molar-refractivity contribution is 5.95. The van der Waals surface area contributed by atoms with E-state index in [0.717, 1.165) is 6.42 Å². The predicted octanol–water partition coefficient (Wildman–Crippen LogP) is -0.106. The number of ether oxygens (including phenoxy) is 1. The Morgan fingerprint density at radius 2 is 1.75 bits per heavy atom. The van der Waals surface area contributed by atoms with Crippen molar-refractivity contribution in [3.63, 3.8) is 0 Å². The average Bonchev–Trinajstić information content (AvgIpc) is 3.31.